The van der Waals surface area contributed by atoms with Crippen LogP contribution in [0.4, 0.5) is 17.1 Å². The predicted molar refractivity (Wildman–Crippen MR) is 145 cm³/mol. The third-order valence-electron chi connectivity index (χ3n) is 6.12. The summed E-state index contributed by atoms with van der Waals surface area (Å²) in [6.45, 7) is 7.89. The lowest BCUT2D eigenvalue weighted by Gasteiger charge is -2.29. The van der Waals surface area contributed by atoms with Crippen molar-refractivity contribution in [2.75, 3.05) is 24.1 Å². The fourth-order valence-electron chi connectivity index (χ4n) is 4.25. The molecule has 1 aliphatic rings. The van der Waals surface area contributed by atoms with Gasteiger partial charge in [0.15, 0.2) is 0 Å². The van der Waals surface area contributed by atoms with Gasteiger partial charge in [-0.05, 0) is 29.8 Å². The van der Waals surface area contributed by atoms with Crippen LogP contribution in [0.3, 0.4) is 0 Å². The van der Waals surface area contributed by atoms with Crippen molar-refractivity contribution in [3.63, 3.8) is 0 Å². The topological polar surface area (TPSA) is 93.7 Å². The Hall–Kier alpha value is -3.46. The first-order valence-corrected chi connectivity index (χ1v) is 15.4. The Morgan fingerprint density at radius 3 is 2.49 bits per heavy atom. The number of hydrazine groups is 1. The summed E-state index contributed by atoms with van der Waals surface area (Å²) in [7, 11) is -1.24. The van der Waals surface area contributed by atoms with Gasteiger partial charge in [-0.3, -0.25) is 15.1 Å². The summed E-state index contributed by atoms with van der Waals surface area (Å²) in [6.07, 6.45) is 3.97. The number of ether oxygens (including phenoxy) is 1. The van der Waals surface area contributed by atoms with Crippen molar-refractivity contribution < 1.29 is 9.66 Å². The molecule has 1 heterocycles. The van der Waals surface area contributed by atoms with Crippen molar-refractivity contribution in [1.29, 1.82) is 0 Å². The Morgan fingerprint density at radius 2 is 1.77 bits per heavy atom. The summed E-state index contributed by atoms with van der Waals surface area (Å²) >= 11 is 0. The van der Waals surface area contributed by atoms with Crippen molar-refractivity contribution in [2.45, 2.75) is 31.2 Å². The molecule has 0 spiro atoms. The first-order valence-electron chi connectivity index (χ1n) is 11.7. The molecule has 0 bridgehead atoms. The number of anilines is 2. The van der Waals surface area contributed by atoms with Gasteiger partial charge in [0.05, 0.1) is 16.2 Å². The predicted octanol–water partition coefficient (Wildman–Crippen LogP) is 5.77. The first kappa shape index (κ1) is 24.7. The van der Waals surface area contributed by atoms with Gasteiger partial charge in [0.1, 0.15) is 12.3 Å². The zero-order chi connectivity index (χ0) is 25.1. The minimum Gasteiger partial charge on any atom is -0.399 e. The number of nitrogens with two attached hydrogens (primary N) is 1. The molecular weight excluding hydrogens is 456 g/mol. The van der Waals surface area contributed by atoms with Crippen LogP contribution in [-0.2, 0) is 10.3 Å². The Kier molecular flexibility index (Phi) is 7.07. The second-order valence-electron chi connectivity index (χ2n) is 9.99. The van der Waals surface area contributed by atoms with E-state index in [0.717, 1.165) is 22.9 Å². The molecule has 182 valence electrons. The molecule has 3 N–H and O–H groups in total. The summed E-state index contributed by atoms with van der Waals surface area (Å²) in [6, 6.07) is 23.4. The molecule has 1 aliphatic heterocycles. The van der Waals surface area contributed by atoms with E-state index >= 15 is 0 Å². The second kappa shape index (κ2) is 10.0. The van der Waals surface area contributed by atoms with Crippen LogP contribution in [0.2, 0.25) is 25.7 Å². The van der Waals surface area contributed by atoms with E-state index in [1.807, 2.05) is 71.8 Å². The lowest BCUT2D eigenvalue weighted by Crippen LogP contribution is -2.47. The quantitative estimate of drug-likeness (QED) is 0.131. The number of nitrogens with zero attached hydrogens (tertiary/aromatic N) is 2. The lowest BCUT2D eigenvalue weighted by atomic mass is 9.82. The van der Waals surface area contributed by atoms with E-state index in [2.05, 4.69) is 25.1 Å². The molecule has 0 aliphatic carbocycles. The largest absolute Gasteiger partial charge is 0.399 e. The summed E-state index contributed by atoms with van der Waals surface area (Å²) in [5.41, 5.74) is 12.6. The van der Waals surface area contributed by atoms with E-state index in [0.29, 0.717) is 24.6 Å². The smallest absolute Gasteiger partial charge is 0.275 e. The van der Waals surface area contributed by atoms with Crippen LogP contribution in [0.25, 0.3) is 6.08 Å². The molecule has 3 aromatic rings. The molecule has 8 heteroatoms. The molecule has 35 heavy (non-hydrogen) atoms. The van der Waals surface area contributed by atoms with Gasteiger partial charge in [-0.1, -0.05) is 80.3 Å². The second-order valence-corrected chi connectivity index (χ2v) is 15.6. The number of para-hydroxylation sites is 1. The highest BCUT2D eigenvalue weighted by molar-refractivity contribution is 6.76. The minimum atomic E-state index is -1.24. The molecule has 7 nitrogen and oxygen atoms in total. The molecule has 4 rings (SSSR count). The summed E-state index contributed by atoms with van der Waals surface area (Å²) < 4.78 is 6.06. The van der Waals surface area contributed by atoms with E-state index in [-0.39, 0.29) is 10.6 Å². The van der Waals surface area contributed by atoms with Crippen LogP contribution in [0.1, 0.15) is 16.7 Å². The van der Waals surface area contributed by atoms with Crippen molar-refractivity contribution in [2.24, 2.45) is 0 Å². The van der Waals surface area contributed by atoms with E-state index in [1.54, 1.807) is 18.2 Å². The number of benzene rings is 3. The number of nitro benzene ring substituents is 1. The van der Waals surface area contributed by atoms with Gasteiger partial charge in [0.2, 0.25) is 0 Å². The van der Waals surface area contributed by atoms with Gasteiger partial charge < -0.3 is 10.5 Å². The maximum atomic E-state index is 12.0. The van der Waals surface area contributed by atoms with E-state index < -0.39 is 13.6 Å². The van der Waals surface area contributed by atoms with Gasteiger partial charge in [0, 0.05) is 32.0 Å². The van der Waals surface area contributed by atoms with Crippen LogP contribution in [0.5, 0.6) is 0 Å². The number of hydrogen-bond donors (Lipinski definition) is 2. The Morgan fingerprint density at radius 1 is 1.06 bits per heavy atom. The van der Waals surface area contributed by atoms with E-state index in [9.17, 15) is 10.1 Å². The van der Waals surface area contributed by atoms with Crippen molar-refractivity contribution in [3.05, 3.63) is 106 Å². The number of nitrogens with one attached hydrogen (secondary N) is 1. The van der Waals surface area contributed by atoms with Crippen molar-refractivity contribution >= 4 is 31.2 Å². The third-order valence-corrected chi connectivity index (χ3v) is 7.82. The van der Waals surface area contributed by atoms with Crippen molar-refractivity contribution in [3.8, 4) is 0 Å². The molecule has 0 saturated heterocycles. The summed E-state index contributed by atoms with van der Waals surface area (Å²) in [4.78, 5) is 11.7. The summed E-state index contributed by atoms with van der Waals surface area (Å²) in [5, 5.41) is 14.0. The zero-order valence-corrected chi connectivity index (χ0v) is 21.4. The average molecular weight is 489 g/mol. The number of rotatable bonds is 9. The van der Waals surface area contributed by atoms with Gasteiger partial charge in [-0.2, -0.15) is 0 Å². The van der Waals surface area contributed by atoms with E-state index in [1.165, 1.54) is 0 Å². The maximum Gasteiger partial charge on any atom is 0.275 e. The summed E-state index contributed by atoms with van der Waals surface area (Å²) in [5.74, 6) is 0. The van der Waals surface area contributed by atoms with Crippen LogP contribution in [-0.4, -0.2) is 26.3 Å². The van der Waals surface area contributed by atoms with Gasteiger partial charge >= 0.3 is 0 Å². The van der Waals surface area contributed by atoms with Gasteiger partial charge in [0.25, 0.3) is 5.69 Å². The average Bonchev–Trinajstić information content (AvgIpc) is 3.14. The molecular formula is C27H32N4O3Si. The zero-order valence-electron chi connectivity index (χ0n) is 20.4. The molecule has 0 saturated carbocycles. The normalized spacial score (nSPS) is 17.6. The fourth-order valence-corrected chi connectivity index (χ4v) is 5.01. The molecule has 0 radical (unpaired) electrons. The van der Waals surface area contributed by atoms with Crippen LogP contribution >= 0.6 is 0 Å². The highest BCUT2D eigenvalue weighted by Crippen LogP contribution is 2.46. The monoisotopic (exact) mass is 488 g/mol. The lowest BCUT2D eigenvalue weighted by molar-refractivity contribution is -0.385. The maximum absolute atomic E-state index is 12.0. The molecule has 0 fully saturated rings. The third kappa shape index (κ3) is 5.45. The highest BCUT2D eigenvalue weighted by atomic mass is 28.3. The minimum absolute atomic E-state index is 0.0435. The number of nitro groups is 1. The molecule has 0 aromatic heterocycles. The van der Waals surface area contributed by atoms with Crippen LogP contribution < -0.4 is 16.2 Å². The molecule has 3 aromatic carbocycles. The van der Waals surface area contributed by atoms with Crippen LogP contribution in [0.15, 0.2) is 78.9 Å². The number of hydrogen-bond acceptors (Lipinski definition) is 6. The Bertz CT molecular complexity index is 1230. The molecule has 0 amide bonds. The van der Waals surface area contributed by atoms with Crippen LogP contribution in [0, 0.1) is 10.1 Å². The van der Waals surface area contributed by atoms with Crippen molar-refractivity contribution in [1.82, 2.24) is 5.43 Å². The van der Waals surface area contributed by atoms with E-state index in [4.69, 9.17) is 10.5 Å². The molecule has 1 unspecified atom stereocenters. The first-order chi connectivity index (χ1) is 16.7. The standard InChI is InChI=1S/C27H32N4O3Si/c1-35(2,3)18-17-34-20-30-26-19-22(28)13-14-24(26)27(29-30,16-15-21-9-5-4-6-10-21)23-11-7-8-12-25(23)31(32)33/h4-16,19,29H,17-18,20,28H2,1-3H3. The number of nitrogen functional groups attached to an aromatic ring is 1. The highest BCUT2D eigenvalue weighted by Gasteiger charge is 2.45. The molecule has 1 atom stereocenters. The Balaban J connectivity index is 1.80. The SMILES string of the molecule is C[Si](C)(C)CCOCN1NC(C=Cc2ccccc2)(c2ccccc2[N+](=O)[O-])c2ccc(N)cc21. The Labute approximate surface area is 207 Å². The van der Waals surface area contributed by atoms with Gasteiger partial charge in [-0.15, -0.1) is 0 Å². The van der Waals surface area contributed by atoms with Gasteiger partial charge in [-0.25, -0.2) is 5.43 Å². The fraction of sp³-hybridized carbons (Fsp3) is 0.259. The number of fused-ring (bicyclic) bond motifs is 1.